The van der Waals surface area contributed by atoms with Crippen LogP contribution >= 0.6 is 0 Å². The smallest absolute Gasteiger partial charge is 0.162 e. The lowest BCUT2D eigenvalue weighted by Gasteiger charge is -2.33. The molecule has 7 nitrogen and oxygen atoms in total. The maximum atomic E-state index is 13.5. The van der Waals surface area contributed by atoms with Crippen LogP contribution in [0.15, 0.2) is 55.0 Å². The van der Waals surface area contributed by atoms with Gasteiger partial charge in [-0.15, -0.1) is 5.10 Å². The van der Waals surface area contributed by atoms with E-state index >= 15 is 0 Å². The Balaban J connectivity index is 1.72. The van der Waals surface area contributed by atoms with Crippen molar-refractivity contribution in [2.75, 3.05) is 24.5 Å². The van der Waals surface area contributed by atoms with Crippen molar-refractivity contribution in [3.63, 3.8) is 0 Å². The van der Waals surface area contributed by atoms with E-state index in [-0.39, 0.29) is 5.82 Å². The predicted octanol–water partition coefficient (Wildman–Crippen LogP) is 2.79. The fourth-order valence-corrected chi connectivity index (χ4v) is 3.73. The molecule has 5 rings (SSSR count). The lowest BCUT2D eigenvalue weighted by atomic mass is 10.1. The van der Waals surface area contributed by atoms with E-state index in [1.807, 2.05) is 16.6 Å². The summed E-state index contributed by atoms with van der Waals surface area (Å²) in [5, 5.41) is 16.2. The number of halogens is 1. The van der Waals surface area contributed by atoms with Crippen LogP contribution in [-0.2, 0) is 0 Å². The molecule has 1 aromatic carbocycles. The van der Waals surface area contributed by atoms with E-state index in [0.717, 1.165) is 53.5 Å². The Kier molecular flexibility index (Phi) is 4.40. The van der Waals surface area contributed by atoms with Crippen molar-refractivity contribution in [2.45, 2.75) is 13.0 Å². The predicted molar refractivity (Wildman–Crippen MR) is 109 cm³/mol. The van der Waals surface area contributed by atoms with Gasteiger partial charge >= 0.3 is 0 Å². The molecule has 1 aliphatic rings. The van der Waals surface area contributed by atoms with Crippen LogP contribution in [0.2, 0.25) is 0 Å². The van der Waals surface area contributed by atoms with E-state index in [2.05, 4.69) is 32.3 Å². The van der Waals surface area contributed by atoms with E-state index in [9.17, 15) is 4.39 Å². The van der Waals surface area contributed by atoms with Crippen molar-refractivity contribution in [1.29, 1.82) is 0 Å². The standard InChI is InChI=1S/C21H20FN7/c1-14-13-28(9-8-23-14)20-10-18(15-2-4-17(22)5-3-15)21-24-12-19(29(21)27-20)16-6-7-25-26-11-16/h2-7,10-12,14,23H,8-9,13H2,1H3/t14-/m1/s1. The van der Waals surface area contributed by atoms with Crippen molar-refractivity contribution in [3.05, 3.63) is 60.8 Å². The third-order valence-electron chi connectivity index (χ3n) is 5.18. The zero-order chi connectivity index (χ0) is 19.8. The van der Waals surface area contributed by atoms with Gasteiger partial charge in [-0.05, 0) is 36.8 Å². The summed E-state index contributed by atoms with van der Waals surface area (Å²) in [5.74, 6) is 0.605. The van der Waals surface area contributed by atoms with E-state index in [4.69, 9.17) is 5.10 Å². The van der Waals surface area contributed by atoms with Crippen LogP contribution in [0.25, 0.3) is 28.0 Å². The SMILES string of the molecule is C[C@@H]1CN(c2cc(-c3ccc(F)cc3)c3ncc(-c4ccnnc4)n3n2)CCN1. The average molecular weight is 389 g/mol. The molecule has 146 valence electrons. The first-order valence-electron chi connectivity index (χ1n) is 9.59. The monoisotopic (exact) mass is 389 g/mol. The second kappa shape index (κ2) is 7.21. The zero-order valence-electron chi connectivity index (χ0n) is 16.0. The summed E-state index contributed by atoms with van der Waals surface area (Å²) in [4.78, 5) is 6.89. The zero-order valence-corrected chi connectivity index (χ0v) is 16.0. The normalized spacial score (nSPS) is 17.0. The first kappa shape index (κ1) is 17.7. The van der Waals surface area contributed by atoms with Crippen molar-refractivity contribution in [3.8, 4) is 22.4 Å². The minimum atomic E-state index is -0.262. The highest BCUT2D eigenvalue weighted by molar-refractivity contribution is 5.81. The summed E-state index contributed by atoms with van der Waals surface area (Å²) in [6.45, 7) is 4.80. The topological polar surface area (TPSA) is 71.2 Å². The highest BCUT2D eigenvalue weighted by atomic mass is 19.1. The van der Waals surface area contributed by atoms with Gasteiger partial charge in [-0.1, -0.05) is 12.1 Å². The Morgan fingerprint density at radius 3 is 2.69 bits per heavy atom. The van der Waals surface area contributed by atoms with Gasteiger partial charge in [0, 0.05) is 36.8 Å². The number of nitrogens with one attached hydrogen (secondary N) is 1. The van der Waals surface area contributed by atoms with Crippen LogP contribution in [0.1, 0.15) is 6.92 Å². The third kappa shape index (κ3) is 3.31. The Hall–Kier alpha value is -3.39. The molecule has 1 fully saturated rings. The molecule has 4 heterocycles. The minimum absolute atomic E-state index is 0.262. The Labute approximate surface area is 167 Å². The molecule has 0 amide bonds. The summed E-state index contributed by atoms with van der Waals surface area (Å²) < 4.78 is 15.3. The first-order valence-corrected chi connectivity index (χ1v) is 9.59. The number of piperazine rings is 1. The highest BCUT2D eigenvalue weighted by Crippen LogP contribution is 2.30. The molecule has 0 spiro atoms. The summed E-state index contributed by atoms with van der Waals surface area (Å²) in [6.07, 6.45) is 5.14. The van der Waals surface area contributed by atoms with Crippen LogP contribution in [0.3, 0.4) is 0 Å². The minimum Gasteiger partial charge on any atom is -0.352 e. The number of hydrogen-bond acceptors (Lipinski definition) is 6. The second-order valence-corrected chi connectivity index (χ2v) is 7.23. The molecule has 0 unspecified atom stereocenters. The molecule has 3 aromatic heterocycles. The molecule has 0 saturated carbocycles. The Morgan fingerprint density at radius 2 is 1.93 bits per heavy atom. The number of fused-ring (bicyclic) bond motifs is 1. The number of rotatable bonds is 3. The molecule has 1 N–H and O–H groups in total. The molecule has 1 atom stereocenters. The highest BCUT2D eigenvalue weighted by Gasteiger charge is 2.21. The Bertz CT molecular complexity index is 1140. The van der Waals surface area contributed by atoms with Gasteiger partial charge in [0.1, 0.15) is 11.6 Å². The summed E-state index contributed by atoms with van der Waals surface area (Å²) in [6, 6.07) is 10.8. The number of nitrogens with zero attached hydrogens (tertiary/aromatic N) is 6. The third-order valence-corrected chi connectivity index (χ3v) is 5.18. The fraction of sp³-hybridized carbons (Fsp3) is 0.238. The van der Waals surface area contributed by atoms with E-state index in [1.165, 1.54) is 12.1 Å². The van der Waals surface area contributed by atoms with E-state index in [1.54, 1.807) is 30.7 Å². The van der Waals surface area contributed by atoms with Gasteiger partial charge in [0.2, 0.25) is 0 Å². The molecule has 4 aromatic rings. The first-order chi connectivity index (χ1) is 14.2. The lowest BCUT2D eigenvalue weighted by Crippen LogP contribution is -2.49. The van der Waals surface area contributed by atoms with Gasteiger partial charge in [-0.25, -0.2) is 13.9 Å². The molecule has 0 radical (unpaired) electrons. The molecule has 8 heteroatoms. The summed E-state index contributed by atoms with van der Waals surface area (Å²) in [5.41, 5.74) is 4.25. The Morgan fingerprint density at radius 1 is 1.07 bits per heavy atom. The summed E-state index contributed by atoms with van der Waals surface area (Å²) in [7, 11) is 0. The van der Waals surface area contributed by atoms with Gasteiger partial charge < -0.3 is 10.2 Å². The van der Waals surface area contributed by atoms with Crippen LogP contribution in [-0.4, -0.2) is 50.5 Å². The van der Waals surface area contributed by atoms with Gasteiger partial charge in [-0.2, -0.15) is 10.2 Å². The van der Waals surface area contributed by atoms with Crippen LogP contribution < -0.4 is 10.2 Å². The number of anilines is 1. The van der Waals surface area contributed by atoms with Gasteiger partial charge in [0.25, 0.3) is 0 Å². The van der Waals surface area contributed by atoms with E-state index < -0.39 is 0 Å². The van der Waals surface area contributed by atoms with Gasteiger partial charge in [0.15, 0.2) is 5.65 Å². The molecule has 1 saturated heterocycles. The summed E-state index contributed by atoms with van der Waals surface area (Å²) >= 11 is 0. The molecule has 0 aliphatic carbocycles. The number of imidazole rings is 1. The average Bonchev–Trinajstić information content (AvgIpc) is 3.18. The van der Waals surface area contributed by atoms with Crippen molar-refractivity contribution < 1.29 is 4.39 Å². The lowest BCUT2D eigenvalue weighted by molar-refractivity contribution is 0.481. The van der Waals surface area contributed by atoms with Crippen molar-refractivity contribution in [1.82, 2.24) is 30.1 Å². The molecule has 29 heavy (non-hydrogen) atoms. The number of hydrogen-bond donors (Lipinski definition) is 1. The largest absolute Gasteiger partial charge is 0.352 e. The van der Waals surface area contributed by atoms with Crippen molar-refractivity contribution >= 4 is 11.5 Å². The number of aromatic nitrogens is 5. The van der Waals surface area contributed by atoms with Crippen LogP contribution in [0, 0.1) is 5.82 Å². The molecular formula is C21H20FN7. The fourth-order valence-electron chi connectivity index (χ4n) is 3.73. The van der Waals surface area contributed by atoms with E-state index in [0.29, 0.717) is 6.04 Å². The molecular weight excluding hydrogens is 369 g/mol. The maximum Gasteiger partial charge on any atom is 0.162 e. The maximum absolute atomic E-state index is 13.5. The molecule has 1 aliphatic heterocycles. The van der Waals surface area contributed by atoms with Crippen LogP contribution in [0.5, 0.6) is 0 Å². The van der Waals surface area contributed by atoms with Crippen LogP contribution in [0.4, 0.5) is 10.2 Å². The number of benzene rings is 1. The van der Waals surface area contributed by atoms with Gasteiger partial charge in [-0.3, -0.25) is 0 Å². The van der Waals surface area contributed by atoms with Gasteiger partial charge in [0.05, 0.1) is 24.3 Å². The second-order valence-electron chi connectivity index (χ2n) is 7.23. The van der Waals surface area contributed by atoms with Crippen molar-refractivity contribution in [2.24, 2.45) is 0 Å². The quantitative estimate of drug-likeness (QED) is 0.581. The molecule has 0 bridgehead atoms.